The topological polar surface area (TPSA) is 86.8 Å². The van der Waals surface area contributed by atoms with Crippen molar-refractivity contribution in [1.29, 1.82) is 0 Å². The number of hydrogen-bond acceptors (Lipinski definition) is 4. The Morgan fingerprint density at radius 3 is 2.21 bits per heavy atom. The average molecular weight is 590 g/mol. The van der Waals surface area contributed by atoms with Gasteiger partial charge < -0.3 is 10.2 Å². The Morgan fingerprint density at radius 1 is 0.881 bits per heavy atom. The first-order chi connectivity index (χ1) is 20.1. The summed E-state index contributed by atoms with van der Waals surface area (Å²) < 4.78 is 42.9. The van der Waals surface area contributed by atoms with Crippen LogP contribution in [-0.2, 0) is 32.6 Å². The lowest BCUT2D eigenvalue weighted by molar-refractivity contribution is -0.141. The molecule has 42 heavy (non-hydrogen) atoms. The van der Waals surface area contributed by atoms with Gasteiger partial charge in [0.05, 0.1) is 11.4 Å². The van der Waals surface area contributed by atoms with Crippen LogP contribution in [0, 0.1) is 5.82 Å². The highest BCUT2D eigenvalue weighted by molar-refractivity contribution is 7.89. The number of rotatable bonds is 12. The number of sulfonamides is 1. The summed E-state index contributed by atoms with van der Waals surface area (Å²) >= 11 is 0. The number of likely N-dealkylation sites (N-methyl/N-ethyl adjacent to an activating group) is 1. The van der Waals surface area contributed by atoms with Crippen molar-refractivity contribution in [3.8, 4) is 0 Å². The van der Waals surface area contributed by atoms with E-state index < -0.39 is 40.2 Å². The largest absolute Gasteiger partial charge is 0.352 e. The predicted octanol–water partition coefficient (Wildman–Crippen LogP) is 5.15. The third-order valence-electron chi connectivity index (χ3n) is 7.36. The first-order valence-corrected chi connectivity index (χ1v) is 15.4. The number of halogens is 1. The minimum atomic E-state index is -4.06. The molecule has 4 aromatic carbocycles. The Hall–Kier alpha value is -4.08. The molecule has 0 aliphatic heterocycles. The molecule has 9 heteroatoms. The molecule has 0 heterocycles. The number of benzene rings is 4. The van der Waals surface area contributed by atoms with Gasteiger partial charge in [-0.15, -0.1) is 0 Å². The molecule has 0 aliphatic carbocycles. The van der Waals surface area contributed by atoms with Gasteiger partial charge in [0.2, 0.25) is 21.8 Å². The Kier molecular flexibility index (Phi) is 10.1. The summed E-state index contributed by atoms with van der Waals surface area (Å²) in [5.41, 5.74) is 1.03. The number of amides is 2. The maximum atomic E-state index is 14.8. The van der Waals surface area contributed by atoms with Crippen LogP contribution in [0.5, 0.6) is 0 Å². The van der Waals surface area contributed by atoms with Crippen molar-refractivity contribution >= 4 is 32.6 Å². The van der Waals surface area contributed by atoms with Crippen LogP contribution in [-0.4, -0.2) is 55.1 Å². The molecular weight excluding hydrogens is 553 g/mol. The molecule has 0 radical (unpaired) electrons. The molecule has 4 rings (SSSR count). The zero-order valence-electron chi connectivity index (χ0n) is 24.0. The quantitative estimate of drug-likeness (QED) is 0.248. The summed E-state index contributed by atoms with van der Waals surface area (Å²) in [6.07, 6.45) is 0.849. The van der Waals surface area contributed by atoms with Gasteiger partial charge in [0.1, 0.15) is 11.9 Å². The van der Waals surface area contributed by atoms with Gasteiger partial charge in [-0.1, -0.05) is 85.8 Å². The van der Waals surface area contributed by atoms with E-state index in [0.29, 0.717) is 6.42 Å². The summed E-state index contributed by atoms with van der Waals surface area (Å²) in [6.45, 7) is 3.06. The molecule has 0 saturated carbocycles. The molecule has 0 unspecified atom stereocenters. The van der Waals surface area contributed by atoms with E-state index in [1.165, 1.54) is 24.1 Å². The Balaban J connectivity index is 1.68. The Morgan fingerprint density at radius 2 is 1.52 bits per heavy atom. The lowest BCUT2D eigenvalue weighted by Gasteiger charge is -2.33. The van der Waals surface area contributed by atoms with Gasteiger partial charge in [0, 0.05) is 31.6 Å². The summed E-state index contributed by atoms with van der Waals surface area (Å²) in [5, 5.41) is 4.60. The number of fused-ring (bicyclic) bond motifs is 1. The van der Waals surface area contributed by atoms with Crippen LogP contribution >= 0.6 is 0 Å². The molecule has 0 aromatic heterocycles. The first-order valence-electron chi connectivity index (χ1n) is 13.9. The maximum Gasteiger partial charge on any atom is 0.243 e. The lowest BCUT2D eigenvalue weighted by Crippen LogP contribution is -2.54. The van der Waals surface area contributed by atoms with Crippen LogP contribution in [0.15, 0.2) is 102 Å². The van der Waals surface area contributed by atoms with Crippen molar-refractivity contribution in [3.63, 3.8) is 0 Å². The van der Waals surface area contributed by atoms with E-state index in [0.717, 1.165) is 20.6 Å². The highest BCUT2D eigenvalue weighted by Crippen LogP contribution is 2.23. The third-order valence-corrected chi connectivity index (χ3v) is 9.16. The number of hydrogen-bond donors (Lipinski definition) is 1. The van der Waals surface area contributed by atoms with Crippen molar-refractivity contribution in [2.45, 2.75) is 50.2 Å². The molecule has 220 valence electrons. The second-order valence-corrected chi connectivity index (χ2v) is 12.5. The number of nitrogens with zero attached hydrogens (tertiary/aromatic N) is 2. The lowest BCUT2D eigenvalue weighted by atomic mass is 10.0. The van der Waals surface area contributed by atoms with E-state index in [2.05, 4.69) is 5.32 Å². The molecular formula is C33H36FN3O4S. The summed E-state index contributed by atoms with van der Waals surface area (Å²) in [7, 11) is -2.73. The molecule has 4 aromatic rings. The molecule has 0 spiro atoms. The standard InChI is InChI=1S/C33H36FN3O4S/c1-4-24(2)35-33(39)31(20-25-12-6-5-7-13-25)37(22-28-16-10-11-17-30(28)34)32(38)23-36(3)42(40,41)29-19-18-26-14-8-9-15-27(26)21-29/h5-19,21,24,31H,4,20,22-23H2,1-3H3,(H,35,39)/t24-,31-/m0/s1. The summed E-state index contributed by atoms with van der Waals surface area (Å²) in [6, 6.07) is 26.3. The highest BCUT2D eigenvalue weighted by atomic mass is 32.2. The van der Waals surface area contributed by atoms with E-state index >= 15 is 0 Å². The van der Waals surface area contributed by atoms with E-state index in [-0.39, 0.29) is 29.5 Å². The van der Waals surface area contributed by atoms with Crippen LogP contribution < -0.4 is 5.32 Å². The predicted molar refractivity (Wildman–Crippen MR) is 163 cm³/mol. The van der Waals surface area contributed by atoms with E-state index in [1.54, 1.807) is 30.3 Å². The highest BCUT2D eigenvalue weighted by Gasteiger charge is 2.34. The van der Waals surface area contributed by atoms with Gasteiger partial charge in [0.25, 0.3) is 0 Å². The van der Waals surface area contributed by atoms with Gasteiger partial charge in [-0.25, -0.2) is 12.8 Å². The van der Waals surface area contributed by atoms with Crippen molar-refractivity contribution < 1.29 is 22.4 Å². The smallest absolute Gasteiger partial charge is 0.243 e. The zero-order chi connectivity index (χ0) is 30.3. The van der Waals surface area contributed by atoms with Crippen LogP contribution in [0.1, 0.15) is 31.4 Å². The number of nitrogens with one attached hydrogen (secondary N) is 1. The molecule has 0 fully saturated rings. The van der Waals surface area contributed by atoms with Gasteiger partial charge >= 0.3 is 0 Å². The summed E-state index contributed by atoms with van der Waals surface area (Å²) in [5.74, 6) is -1.53. The second-order valence-electron chi connectivity index (χ2n) is 10.4. The van der Waals surface area contributed by atoms with Crippen LogP contribution in [0.4, 0.5) is 4.39 Å². The average Bonchev–Trinajstić information content (AvgIpc) is 2.99. The van der Waals surface area contributed by atoms with Gasteiger partial charge in [-0.3, -0.25) is 9.59 Å². The molecule has 0 saturated heterocycles. The van der Waals surface area contributed by atoms with Gasteiger partial charge in [-0.05, 0) is 47.9 Å². The number of carbonyl (C=O) groups is 2. The maximum absolute atomic E-state index is 14.8. The van der Waals surface area contributed by atoms with Crippen molar-refractivity contribution in [2.24, 2.45) is 0 Å². The van der Waals surface area contributed by atoms with Crippen molar-refractivity contribution in [2.75, 3.05) is 13.6 Å². The molecule has 2 atom stereocenters. The molecule has 0 bridgehead atoms. The van der Waals surface area contributed by atoms with Crippen LogP contribution in [0.2, 0.25) is 0 Å². The van der Waals surface area contributed by atoms with E-state index in [4.69, 9.17) is 0 Å². The van der Waals surface area contributed by atoms with Crippen molar-refractivity contribution in [3.05, 3.63) is 114 Å². The SMILES string of the molecule is CC[C@H](C)NC(=O)[C@H](Cc1ccccc1)N(Cc1ccccc1F)C(=O)CN(C)S(=O)(=O)c1ccc2ccccc2c1. The fraction of sp³-hybridized carbons (Fsp3) is 0.273. The fourth-order valence-electron chi connectivity index (χ4n) is 4.68. The molecule has 1 N–H and O–H groups in total. The molecule has 0 aliphatic rings. The van der Waals surface area contributed by atoms with Gasteiger partial charge in [-0.2, -0.15) is 4.31 Å². The fourth-order valence-corrected chi connectivity index (χ4v) is 5.84. The van der Waals surface area contributed by atoms with E-state index in [9.17, 15) is 22.4 Å². The third kappa shape index (κ3) is 7.40. The van der Waals surface area contributed by atoms with Crippen molar-refractivity contribution in [1.82, 2.24) is 14.5 Å². The second kappa shape index (κ2) is 13.7. The summed E-state index contributed by atoms with van der Waals surface area (Å²) in [4.78, 5) is 28.9. The number of carbonyl (C=O) groups excluding carboxylic acids is 2. The normalized spacial score (nSPS) is 13.1. The Bertz CT molecular complexity index is 1650. The first kappa shape index (κ1) is 30.9. The molecule has 2 amide bonds. The van der Waals surface area contributed by atoms with Gasteiger partial charge in [0.15, 0.2) is 0 Å². The monoisotopic (exact) mass is 589 g/mol. The van der Waals surface area contributed by atoms with Crippen LogP contribution in [0.25, 0.3) is 10.8 Å². The minimum Gasteiger partial charge on any atom is -0.352 e. The zero-order valence-corrected chi connectivity index (χ0v) is 24.9. The minimum absolute atomic E-state index is 0.0486. The van der Waals surface area contributed by atoms with Crippen LogP contribution in [0.3, 0.4) is 0 Å². The molecule has 7 nitrogen and oxygen atoms in total. The van der Waals surface area contributed by atoms with E-state index in [1.807, 2.05) is 68.4 Å². The Labute approximate surface area is 247 Å².